The molecule has 0 atom stereocenters. The predicted molar refractivity (Wildman–Crippen MR) is 72.2 cm³/mol. The van der Waals surface area contributed by atoms with Crippen molar-refractivity contribution in [1.82, 2.24) is 0 Å². The fourth-order valence-corrected chi connectivity index (χ4v) is 2.17. The van der Waals surface area contributed by atoms with Crippen molar-refractivity contribution in [1.29, 1.82) is 5.26 Å². The van der Waals surface area contributed by atoms with Gasteiger partial charge >= 0.3 is 0 Å². The molecule has 0 radical (unpaired) electrons. The van der Waals surface area contributed by atoms with E-state index in [-0.39, 0.29) is 5.75 Å². The molecule has 0 heterocycles. The standard InChI is InChI=1S/C16H13NO/c1-11(2)16-12(4-3-9-17)5-6-13-10-14(18)7-8-15(13)16/h5-8,10-11,18H,1-2H3. The van der Waals surface area contributed by atoms with E-state index in [4.69, 9.17) is 5.26 Å². The Kier molecular flexibility index (Phi) is 3.22. The summed E-state index contributed by atoms with van der Waals surface area (Å²) in [6, 6.07) is 11.0. The van der Waals surface area contributed by atoms with Gasteiger partial charge in [-0.15, -0.1) is 0 Å². The van der Waals surface area contributed by atoms with Crippen LogP contribution in [-0.4, -0.2) is 5.11 Å². The van der Waals surface area contributed by atoms with Gasteiger partial charge in [-0.2, -0.15) is 5.26 Å². The lowest BCUT2D eigenvalue weighted by Crippen LogP contribution is -1.94. The van der Waals surface area contributed by atoms with Crippen molar-refractivity contribution in [2.75, 3.05) is 0 Å². The molecule has 2 aromatic rings. The van der Waals surface area contributed by atoms with Crippen LogP contribution in [0.4, 0.5) is 0 Å². The Morgan fingerprint density at radius 3 is 2.61 bits per heavy atom. The van der Waals surface area contributed by atoms with E-state index in [9.17, 15) is 5.11 Å². The average Bonchev–Trinajstić information content (AvgIpc) is 2.35. The molecule has 0 spiro atoms. The molecule has 0 aliphatic rings. The Morgan fingerprint density at radius 1 is 1.17 bits per heavy atom. The normalized spacial score (nSPS) is 9.89. The third-order valence-corrected chi connectivity index (χ3v) is 2.88. The highest BCUT2D eigenvalue weighted by molar-refractivity contribution is 5.89. The van der Waals surface area contributed by atoms with Crippen molar-refractivity contribution in [3.8, 4) is 23.7 Å². The molecule has 2 nitrogen and oxygen atoms in total. The highest BCUT2D eigenvalue weighted by Crippen LogP contribution is 2.30. The maximum absolute atomic E-state index is 9.50. The summed E-state index contributed by atoms with van der Waals surface area (Å²) in [4.78, 5) is 0. The summed E-state index contributed by atoms with van der Waals surface area (Å²) < 4.78 is 0. The molecule has 2 heteroatoms. The predicted octanol–water partition coefficient (Wildman–Crippen LogP) is 3.54. The van der Waals surface area contributed by atoms with Crippen molar-refractivity contribution in [3.05, 3.63) is 41.5 Å². The lowest BCUT2D eigenvalue weighted by molar-refractivity contribution is 0.476. The van der Waals surface area contributed by atoms with Crippen LogP contribution < -0.4 is 0 Å². The van der Waals surface area contributed by atoms with E-state index in [1.807, 2.05) is 24.3 Å². The Hall–Kier alpha value is -2.45. The molecule has 0 bridgehead atoms. The quantitative estimate of drug-likeness (QED) is 0.768. The summed E-state index contributed by atoms with van der Waals surface area (Å²) >= 11 is 0. The number of fused-ring (bicyclic) bond motifs is 1. The molecule has 18 heavy (non-hydrogen) atoms. The number of hydrogen-bond acceptors (Lipinski definition) is 2. The minimum atomic E-state index is 0.257. The maximum atomic E-state index is 9.50. The summed E-state index contributed by atoms with van der Waals surface area (Å²) in [7, 11) is 0. The molecule has 0 fully saturated rings. The van der Waals surface area contributed by atoms with Crippen molar-refractivity contribution in [3.63, 3.8) is 0 Å². The van der Waals surface area contributed by atoms with Crippen LogP contribution in [0.5, 0.6) is 5.75 Å². The van der Waals surface area contributed by atoms with Gasteiger partial charge in [-0.05, 0) is 40.5 Å². The van der Waals surface area contributed by atoms with Gasteiger partial charge in [-0.25, -0.2) is 0 Å². The molecule has 0 aliphatic heterocycles. The number of phenolic OH excluding ortho intramolecular Hbond substituents is 1. The van der Waals surface area contributed by atoms with Gasteiger partial charge in [0.15, 0.2) is 6.07 Å². The highest BCUT2D eigenvalue weighted by atomic mass is 16.3. The number of phenols is 1. The lowest BCUT2D eigenvalue weighted by atomic mass is 9.91. The van der Waals surface area contributed by atoms with Gasteiger partial charge in [0.05, 0.1) is 0 Å². The second kappa shape index (κ2) is 4.82. The van der Waals surface area contributed by atoms with Gasteiger partial charge in [-0.3, -0.25) is 0 Å². The Balaban J connectivity index is 2.79. The second-order valence-corrected chi connectivity index (χ2v) is 4.45. The van der Waals surface area contributed by atoms with Gasteiger partial charge in [0.25, 0.3) is 0 Å². The van der Waals surface area contributed by atoms with Crippen LogP contribution in [0, 0.1) is 23.2 Å². The van der Waals surface area contributed by atoms with E-state index in [1.54, 1.807) is 12.1 Å². The smallest absolute Gasteiger partial charge is 0.152 e. The molecular formula is C16H13NO. The fourth-order valence-electron chi connectivity index (χ4n) is 2.17. The molecule has 0 unspecified atom stereocenters. The molecule has 0 aliphatic carbocycles. The Morgan fingerprint density at radius 2 is 1.94 bits per heavy atom. The minimum Gasteiger partial charge on any atom is -0.508 e. The molecule has 0 amide bonds. The largest absolute Gasteiger partial charge is 0.508 e. The second-order valence-electron chi connectivity index (χ2n) is 4.45. The average molecular weight is 235 g/mol. The molecular weight excluding hydrogens is 222 g/mol. The van der Waals surface area contributed by atoms with Crippen LogP contribution in [0.3, 0.4) is 0 Å². The summed E-state index contributed by atoms with van der Waals surface area (Å²) in [5, 5.41) is 20.1. The molecule has 1 N–H and O–H groups in total. The van der Waals surface area contributed by atoms with E-state index < -0.39 is 0 Å². The zero-order valence-electron chi connectivity index (χ0n) is 10.4. The van der Waals surface area contributed by atoms with E-state index in [0.29, 0.717) is 5.92 Å². The van der Waals surface area contributed by atoms with E-state index in [2.05, 4.69) is 25.7 Å². The molecule has 2 rings (SSSR count). The third kappa shape index (κ3) is 2.14. The topological polar surface area (TPSA) is 44.0 Å². The summed E-state index contributed by atoms with van der Waals surface area (Å²) in [6.45, 7) is 4.19. The van der Waals surface area contributed by atoms with E-state index in [1.165, 1.54) is 0 Å². The van der Waals surface area contributed by atoms with E-state index >= 15 is 0 Å². The first-order valence-corrected chi connectivity index (χ1v) is 5.79. The number of nitrogens with zero attached hydrogens (tertiary/aromatic N) is 1. The number of nitriles is 1. The first-order chi connectivity index (χ1) is 8.63. The minimum absolute atomic E-state index is 0.257. The van der Waals surface area contributed by atoms with Crippen LogP contribution in [0.15, 0.2) is 30.3 Å². The van der Waals surface area contributed by atoms with Gasteiger partial charge in [0, 0.05) is 11.5 Å². The molecule has 88 valence electrons. The van der Waals surface area contributed by atoms with Gasteiger partial charge in [0.1, 0.15) is 5.75 Å². The molecule has 0 saturated carbocycles. The monoisotopic (exact) mass is 235 g/mol. The first kappa shape index (κ1) is 12.0. The molecule has 2 aromatic carbocycles. The summed E-state index contributed by atoms with van der Waals surface area (Å²) in [6.07, 6.45) is 0. The molecule has 0 aromatic heterocycles. The SMILES string of the molecule is CC(C)c1c(C#CC#N)ccc2cc(O)ccc12. The number of benzene rings is 2. The van der Waals surface area contributed by atoms with E-state index in [0.717, 1.165) is 21.9 Å². The van der Waals surface area contributed by atoms with Crippen LogP contribution in [0.2, 0.25) is 0 Å². The van der Waals surface area contributed by atoms with Crippen molar-refractivity contribution < 1.29 is 5.11 Å². The number of rotatable bonds is 1. The summed E-state index contributed by atoms with van der Waals surface area (Å²) in [5.74, 6) is 5.88. The van der Waals surface area contributed by atoms with Gasteiger partial charge < -0.3 is 5.11 Å². The Labute approximate surface area is 106 Å². The van der Waals surface area contributed by atoms with Crippen LogP contribution in [0.1, 0.15) is 30.9 Å². The van der Waals surface area contributed by atoms with Crippen LogP contribution in [0.25, 0.3) is 10.8 Å². The van der Waals surface area contributed by atoms with Gasteiger partial charge in [0.2, 0.25) is 0 Å². The number of hydrogen-bond donors (Lipinski definition) is 1. The van der Waals surface area contributed by atoms with Crippen molar-refractivity contribution in [2.45, 2.75) is 19.8 Å². The number of aromatic hydroxyl groups is 1. The van der Waals surface area contributed by atoms with Crippen molar-refractivity contribution in [2.24, 2.45) is 0 Å². The first-order valence-electron chi connectivity index (χ1n) is 5.79. The third-order valence-electron chi connectivity index (χ3n) is 2.88. The van der Waals surface area contributed by atoms with Crippen molar-refractivity contribution >= 4 is 10.8 Å². The highest BCUT2D eigenvalue weighted by Gasteiger charge is 2.10. The Bertz CT molecular complexity index is 697. The summed E-state index contributed by atoms with van der Waals surface area (Å²) in [5.41, 5.74) is 2.00. The van der Waals surface area contributed by atoms with Crippen LogP contribution >= 0.6 is 0 Å². The van der Waals surface area contributed by atoms with Gasteiger partial charge in [-0.1, -0.05) is 31.9 Å². The zero-order valence-corrected chi connectivity index (χ0v) is 10.4. The fraction of sp³-hybridized carbons (Fsp3) is 0.188. The molecule has 0 saturated heterocycles. The van der Waals surface area contributed by atoms with Crippen LogP contribution in [-0.2, 0) is 0 Å². The maximum Gasteiger partial charge on any atom is 0.152 e. The zero-order chi connectivity index (χ0) is 13.1. The lowest BCUT2D eigenvalue weighted by Gasteiger charge is -2.13.